The topological polar surface area (TPSA) is 66.2 Å². The first-order valence-electron chi connectivity index (χ1n) is 8.24. The summed E-state index contributed by atoms with van der Waals surface area (Å²) >= 11 is 0. The van der Waals surface area contributed by atoms with Crippen molar-refractivity contribution in [2.45, 2.75) is 27.2 Å². The van der Waals surface area contributed by atoms with Crippen LogP contribution in [0.25, 0.3) is 10.9 Å². The number of nitrogens with zero attached hydrogens (tertiary/aromatic N) is 1. The molecule has 124 valence electrons. The average molecular weight is 320 g/mol. The number of rotatable bonds is 4. The maximum Gasteiger partial charge on any atom is 0.193 e. The van der Waals surface area contributed by atoms with Gasteiger partial charge in [-0.2, -0.15) is 0 Å². The van der Waals surface area contributed by atoms with Crippen molar-refractivity contribution >= 4 is 22.5 Å². The van der Waals surface area contributed by atoms with Gasteiger partial charge in [0.1, 0.15) is 0 Å². The first-order chi connectivity index (χ1) is 11.5. The maximum absolute atomic E-state index is 6.00. The van der Waals surface area contributed by atoms with Gasteiger partial charge in [0.15, 0.2) is 5.96 Å². The molecule has 3 aromatic rings. The fraction of sp³-hybridized carbons (Fsp3) is 0.250. The molecule has 1 aromatic heterocycles. The standard InChI is InChI=1S/C20H24N4/c1-13-7-8-17(11-15(13)3)24-20(21)22-10-9-16-12-23-19-14(2)5-4-6-18(16)19/h4-8,11-12,23H,9-10H2,1-3H3,(H3,21,22,24). The molecule has 0 aliphatic carbocycles. The van der Waals surface area contributed by atoms with E-state index in [4.69, 9.17) is 5.73 Å². The minimum atomic E-state index is 0.453. The minimum Gasteiger partial charge on any atom is -0.370 e. The van der Waals surface area contributed by atoms with Gasteiger partial charge in [-0.1, -0.05) is 24.3 Å². The summed E-state index contributed by atoms with van der Waals surface area (Å²) in [7, 11) is 0. The predicted octanol–water partition coefficient (Wildman–Crippen LogP) is 4.06. The van der Waals surface area contributed by atoms with Crippen molar-refractivity contribution in [3.63, 3.8) is 0 Å². The van der Waals surface area contributed by atoms with Gasteiger partial charge in [0.2, 0.25) is 0 Å². The lowest BCUT2D eigenvalue weighted by molar-refractivity contribution is 0.972. The average Bonchev–Trinajstić information content (AvgIpc) is 2.96. The number of aliphatic imine (C=N–C) groups is 1. The van der Waals surface area contributed by atoms with E-state index in [0.717, 1.165) is 12.1 Å². The second-order valence-corrected chi connectivity index (χ2v) is 6.25. The van der Waals surface area contributed by atoms with Gasteiger partial charge >= 0.3 is 0 Å². The van der Waals surface area contributed by atoms with Crippen LogP contribution in [-0.2, 0) is 6.42 Å². The van der Waals surface area contributed by atoms with Crippen LogP contribution in [0.4, 0.5) is 5.69 Å². The number of guanidine groups is 1. The van der Waals surface area contributed by atoms with Crippen LogP contribution in [0.3, 0.4) is 0 Å². The zero-order chi connectivity index (χ0) is 17.1. The number of aryl methyl sites for hydroxylation is 3. The van der Waals surface area contributed by atoms with Crippen LogP contribution in [-0.4, -0.2) is 17.5 Å². The quantitative estimate of drug-likeness (QED) is 0.501. The molecular formula is C20H24N4. The number of H-pyrrole nitrogens is 1. The number of hydrogen-bond acceptors (Lipinski definition) is 1. The van der Waals surface area contributed by atoms with Crippen molar-refractivity contribution in [3.05, 3.63) is 64.8 Å². The Morgan fingerprint density at radius 3 is 2.71 bits per heavy atom. The Kier molecular flexibility index (Phi) is 4.56. The van der Waals surface area contributed by atoms with Gasteiger partial charge in [-0.3, -0.25) is 4.99 Å². The second-order valence-electron chi connectivity index (χ2n) is 6.25. The molecule has 4 heteroatoms. The van der Waals surface area contributed by atoms with E-state index in [9.17, 15) is 0 Å². The Hall–Kier alpha value is -2.75. The highest BCUT2D eigenvalue weighted by Crippen LogP contribution is 2.21. The summed E-state index contributed by atoms with van der Waals surface area (Å²) in [5.74, 6) is 0.453. The van der Waals surface area contributed by atoms with Crippen LogP contribution in [0.2, 0.25) is 0 Å². The van der Waals surface area contributed by atoms with Crippen molar-refractivity contribution in [1.82, 2.24) is 4.98 Å². The molecule has 0 unspecified atom stereocenters. The van der Waals surface area contributed by atoms with Gasteiger partial charge in [0.25, 0.3) is 0 Å². The molecule has 3 rings (SSSR count). The number of aromatic nitrogens is 1. The smallest absolute Gasteiger partial charge is 0.193 e. The van der Waals surface area contributed by atoms with Crippen molar-refractivity contribution in [2.75, 3.05) is 11.9 Å². The lowest BCUT2D eigenvalue weighted by Crippen LogP contribution is -2.23. The van der Waals surface area contributed by atoms with Gasteiger partial charge < -0.3 is 16.0 Å². The number of benzene rings is 2. The third-order valence-electron chi connectivity index (χ3n) is 4.45. The van der Waals surface area contributed by atoms with Crippen LogP contribution in [0.5, 0.6) is 0 Å². The van der Waals surface area contributed by atoms with E-state index in [1.165, 1.54) is 33.2 Å². The Bertz CT molecular complexity index is 890. The zero-order valence-electron chi connectivity index (χ0n) is 14.5. The highest BCUT2D eigenvalue weighted by atomic mass is 15.1. The normalized spacial score (nSPS) is 11.9. The summed E-state index contributed by atoms with van der Waals surface area (Å²) in [4.78, 5) is 7.80. The highest BCUT2D eigenvalue weighted by molar-refractivity contribution is 5.92. The van der Waals surface area contributed by atoms with Crippen LogP contribution in [0.1, 0.15) is 22.3 Å². The maximum atomic E-state index is 6.00. The summed E-state index contributed by atoms with van der Waals surface area (Å²) in [5.41, 5.74) is 13.2. The molecule has 4 nitrogen and oxygen atoms in total. The number of para-hydroxylation sites is 1. The van der Waals surface area contributed by atoms with E-state index in [2.05, 4.69) is 72.6 Å². The molecule has 0 spiro atoms. The van der Waals surface area contributed by atoms with E-state index in [0.29, 0.717) is 12.5 Å². The third-order valence-corrected chi connectivity index (χ3v) is 4.45. The Balaban J connectivity index is 1.64. The summed E-state index contributed by atoms with van der Waals surface area (Å²) in [6.45, 7) is 6.96. The van der Waals surface area contributed by atoms with Gasteiger partial charge in [-0.05, 0) is 61.6 Å². The Morgan fingerprint density at radius 2 is 1.92 bits per heavy atom. The monoisotopic (exact) mass is 320 g/mol. The number of aromatic amines is 1. The number of fused-ring (bicyclic) bond motifs is 1. The van der Waals surface area contributed by atoms with Crippen LogP contribution in [0.15, 0.2) is 47.6 Å². The van der Waals surface area contributed by atoms with Crippen molar-refractivity contribution in [1.29, 1.82) is 0 Å². The fourth-order valence-corrected chi connectivity index (χ4v) is 2.87. The number of nitrogens with one attached hydrogen (secondary N) is 2. The predicted molar refractivity (Wildman–Crippen MR) is 103 cm³/mol. The Labute approximate surface area is 142 Å². The van der Waals surface area contributed by atoms with Crippen LogP contribution in [0, 0.1) is 20.8 Å². The third kappa shape index (κ3) is 3.43. The molecule has 0 aliphatic rings. The van der Waals surface area contributed by atoms with Crippen molar-refractivity contribution < 1.29 is 0 Å². The SMILES string of the molecule is Cc1ccc(NC(N)=NCCc2c[nH]c3c(C)cccc23)cc1C. The summed E-state index contributed by atoms with van der Waals surface area (Å²) in [6.07, 6.45) is 2.93. The first kappa shape index (κ1) is 16.1. The van der Waals surface area contributed by atoms with E-state index in [1.54, 1.807) is 0 Å². The molecule has 0 aliphatic heterocycles. The molecule has 1 heterocycles. The molecule has 2 aromatic carbocycles. The van der Waals surface area contributed by atoms with Crippen molar-refractivity contribution in [3.8, 4) is 0 Å². The van der Waals surface area contributed by atoms with Crippen LogP contribution < -0.4 is 11.1 Å². The molecular weight excluding hydrogens is 296 g/mol. The molecule has 0 amide bonds. The lowest BCUT2D eigenvalue weighted by Gasteiger charge is -2.08. The second kappa shape index (κ2) is 6.79. The molecule has 0 saturated heterocycles. The molecule has 0 fully saturated rings. The van der Waals surface area contributed by atoms with Gasteiger partial charge in [-0.25, -0.2) is 0 Å². The molecule has 4 N–H and O–H groups in total. The number of hydrogen-bond donors (Lipinski definition) is 3. The summed E-state index contributed by atoms with van der Waals surface area (Å²) in [5, 5.41) is 4.43. The van der Waals surface area contributed by atoms with E-state index in [-0.39, 0.29) is 0 Å². The van der Waals surface area contributed by atoms with Crippen LogP contribution >= 0.6 is 0 Å². The van der Waals surface area contributed by atoms with Gasteiger partial charge in [0.05, 0.1) is 0 Å². The number of anilines is 1. The summed E-state index contributed by atoms with van der Waals surface area (Å²) in [6, 6.07) is 12.5. The highest BCUT2D eigenvalue weighted by Gasteiger charge is 2.05. The van der Waals surface area contributed by atoms with Gasteiger partial charge in [-0.15, -0.1) is 0 Å². The minimum absolute atomic E-state index is 0.453. The molecule has 24 heavy (non-hydrogen) atoms. The molecule has 0 atom stereocenters. The van der Waals surface area contributed by atoms with E-state index in [1.807, 2.05) is 6.07 Å². The zero-order valence-corrected chi connectivity index (χ0v) is 14.5. The fourth-order valence-electron chi connectivity index (χ4n) is 2.87. The summed E-state index contributed by atoms with van der Waals surface area (Å²) < 4.78 is 0. The van der Waals surface area contributed by atoms with Crippen molar-refractivity contribution in [2.24, 2.45) is 10.7 Å². The Morgan fingerprint density at radius 1 is 1.08 bits per heavy atom. The molecule has 0 radical (unpaired) electrons. The first-order valence-corrected chi connectivity index (χ1v) is 8.24. The lowest BCUT2D eigenvalue weighted by atomic mass is 10.1. The van der Waals surface area contributed by atoms with E-state index < -0.39 is 0 Å². The number of nitrogens with two attached hydrogens (primary N) is 1. The van der Waals surface area contributed by atoms with Gasteiger partial charge in [0, 0.05) is 29.3 Å². The molecule has 0 bridgehead atoms. The molecule has 0 saturated carbocycles. The largest absolute Gasteiger partial charge is 0.370 e. The van der Waals surface area contributed by atoms with E-state index >= 15 is 0 Å².